The zero-order valence-electron chi connectivity index (χ0n) is 14.1. The van der Waals surface area contributed by atoms with Gasteiger partial charge in [0.05, 0.1) is 5.69 Å². The molecule has 1 N–H and O–H groups in total. The van der Waals surface area contributed by atoms with Gasteiger partial charge in [-0.05, 0) is 33.9 Å². The Labute approximate surface area is 128 Å². The summed E-state index contributed by atoms with van der Waals surface area (Å²) < 4.78 is 2.17. The smallest absolute Gasteiger partial charge is 0.223 e. The van der Waals surface area contributed by atoms with Gasteiger partial charge in [-0.15, -0.1) is 0 Å². The SMILES string of the molecule is CCCCCC(CC)n1c(C)cc(=O)c(O)c1CN(C)C. The van der Waals surface area contributed by atoms with Crippen LogP contribution >= 0.6 is 0 Å². The van der Waals surface area contributed by atoms with Crippen molar-refractivity contribution in [2.75, 3.05) is 14.1 Å². The molecule has 1 heterocycles. The number of aromatic nitrogens is 1. The van der Waals surface area contributed by atoms with Crippen LogP contribution in [-0.2, 0) is 6.54 Å². The molecule has 120 valence electrons. The summed E-state index contributed by atoms with van der Waals surface area (Å²) >= 11 is 0. The van der Waals surface area contributed by atoms with E-state index in [9.17, 15) is 9.90 Å². The Morgan fingerprint density at radius 1 is 1.29 bits per heavy atom. The monoisotopic (exact) mass is 294 g/mol. The van der Waals surface area contributed by atoms with Gasteiger partial charge in [0.15, 0.2) is 5.75 Å². The first kappa shape index (κ1) is 17.8. The molecule has 0 amide bonds. The first-order valence-electron chi connectivity index (χ1n) is 8.01. The van der Waals surface area contributed by atoms with Crippen molar-refractivity contribution in [1.29, 1.82) is 0 Å². The van der Waals surface area contributed by atoms with Crippen molar-refractivity contribution in [3.63, 3.8) is 0 Å². The molecular formula is C17H30N2O2. The standard InChI is InChI=1S/C17H30N2O2/c1-6-8-9-10-14(7-2)19-13(3)11-16(20)17(21)15(19)12-18(4)5/h11,14,21H,6-10,12H2,1-5H3. The van der Waals surface area contributed by atoms with Gasteiger partial charge >= 0.3 is 0 Å². The van der Waals surface area contributed by atoms with Crippen molar-refractivity contribution in [2.45, 2.75) is 65.5 Å². The summed E-state index contributed by atoms with van der Waals surface area (Å²) in [6.07, 6.45) is 5.71. The molecule has 1 aromatic rings. The Bertz CT molecular complexity index is 506. The molecule has 0 aliphatic heterocycles. The number of hydrogen-bond donors (Lipinski definition) is 1. The van der Waals surface area contributed by atoms with Crippen LogP contribution in [0.15, 0.2) is 10.9 Å². The Hall–Kier alpha value is -1.29. The molecule has 0 fully saturated rings. The molecule has 0 saturated carbocycles. The lowest BCUT2D eigenvalue weighted by atomic mass is 10.0. The van der Waals surface area contributed by atoms with Gasteiger partial charge < -0.3 is 14.6 Å². The quantitative estimate of drug-likeness (QED) is 0.747. The molecule has 4 heteroatoms. The summed E-state index contributed by atoms with van der Waals surface area (Å²) in [4.78, 5) is 13.9. The van der Waals surface area contributed by atoms with Crippen molar-refractivity contribution in [1.82, 2.24) is 9.47 Å². The molecular weight excluding hydrogens is 264 g/mol. The maximum absolute atomic E-state index is 11.9. The van der Waals surface area contributed by atoms with Crippen LogP contribution in [0.5, 0.6) is 5.75 Å². The summed E-state index contributed by atoms with van der Waals surface area (Å²) in [6, 6.07) is 1.90. The largest absolute Gasteiger partial charge is 0.503 e. The normalized spacial score (nSPS) is 12.9. The molecule has 0 aliphatic rings. The first-order valence-corrected chi connectivity index (χ1v) is 8.01. The number of hydrogen-bond acceptors (Lipinski definition) is 3. The van der Waals surface area contributed by atoms with Crippen LogP contribution in [0.1, 0.15) is 63.4 Å². The summed E-state index contributed by atoms with van der Waals surface area (Å²) in [6.45, 7) is 6.91. The predicted octanol–water partition coefficient (Wildman–Crippen LogP) is 3.46. The van der Waals surface area contributed by atoms with Gasteiger partial charge in [-0.3, -0.25) is 4.79 Å². The summed E-state index contributed by atoms with van der Waals surface area (Å²) in [5.41, 5.74) is 1.41. The zero-order valence-corrected chi connectivity index (χ0v) is 14.1. The highest BCUT2D eigenvalue weighted by Gasteiger charge is 2.19. The maximum atomic E-state index is 11.9. The second-order valence-corrected chi connectivity index (χ2v) is 6.11. The lowest BCUT2D eigenvalue weighted by Gasteiger charge is -2.27. The number of aryl methyl sites for hydroxylation is 1. The van der Waals surface area contributed by atoms with Gasteiger partial charge in [-0.2, -0.15) is 0 Å². The fraction of sp³-hybridized carbons (Fsp3) is 0.706. The minimum absolute atomic E-state index is 0.0942. The van der Waals surface area contributed by atoms with Crippen LogP contribution in [0.2, 0.25) is 0 Å². The fourth-order valence-electron chi connectivity index (χ4n) is 2.90. The summed E-state index contributed by atoms with van der Waals surface area (Å²) in [5.74, 6) is -0.0942. The van der Waals surface area contributed by atoms with Gasteiger partial charge in [0.25, 0.3) is 0 Å². The molecule has 1 rings (SSSR count). The van der Waals surface area contributed by atoms with Crippen molar-refractivity contribution >= 4 is 0 Å². The topological polar surface area (TPSA) is 45.5 Å². The van der Waals surface area contributed by atoms with E-state index in [0.717, 1.165) is 24.2 Å². The van der Waals surface area contributed by atoms with Crippen LogP contribution in [0.25, 0.3) is 0 Å². The highest BCUT2D eigenvalue weighted by molar-refractivity contribution is 5.30. The molecule has 0 saturated heterocycles. The fourth-order valence-corrected chi connectivity index (χ4v) is 2.90. The van der Waals surface area contributed by atoms with Gasteiger partial charge in [-0.25, -0.2) is 0 Å². The number of nitrogens with zero attached hydrogens (tertiary/aromatic N) is 2. The molecule has 0 spiro atoms. The van der Waals surface area contributed by atoms with E-state index in [1.807, 2.05) is 25.9 Å². The molecule has 0 aromatic carbocycles. The zero-order chi connectivity index (χ0) is 16.0. The van der Waals surface area contributed by atoms with Crippen molar-refractivity contribution < 1.29 is 5.11 Å². The average molecular weight is 294 g/mol. The van der Waals surface area contributed by atoms with Gasteiger partial charge in [0, 0.05) is 24.3 Å². The van der Waals surface area contributed by atoms with Crippen LogP contribution in [0.3, 0.4) is 0 Å². The molecule has 4 nitrogen and oxygen atoms in total. The third-order valence-corrected chi connectivity index (χ3v) is 3.96. The molecule has 1 atom stereocenters. The second-order valence-electron chi connectivity index (χ2n) is 6.11. The second kappa shape index (κ2) is 8.23. The summed E-state index contributed by atoms with van der Waals surface area (Å²) in [5, 5.41) is 10.2. The van der Waals surface area contributed by atoms with E-state index < -0.39 is 0 Å². The van der Waals surface area contributed by atoms with Crippen LogP contribution in [-0.4, -0.2) is 28.7 Å². The number of pyridine rings is 1. The Morgan fingerprint density at radius 3 is 2.48 bits per heavy atom. The summed E-state index contributed by atoms with van der Waals surface area (Å²) in [7, 11) is 3.91. The Morgan fingerprint density at radius 2 is 1.95 bits per heavy atom. The Kier molecular flexibility index (Phi) is 6.96. The Balaban J connectivity index is 3.23. The van der Waals surface area contributed by atoms with Crippen LogP contribution in [0, 0.1) is 6.92 Å². The van der Waals surface area contributed by atoms with Crippen LogP contribution in [0.4, 0.5) is 0 Å². The van der Waals surface area contributed by atoms with E-state index in [4.69, 9.17) is 0 Å². The molecule has 0 bridgehead atoms. The molecule has 0 radical (unpaired) electrons. The lowest BCUT2D eigenvalue weighted by Crippen LogP contribution is -2.24. The van der Waals surface area contributed by atoms with E-state index >= 15 is 0 Å². The average Bonchev–Trinajstić information content (AvgIpc) is 2.42. The first-order chi connectivity index (χ1) is 9.92. The van der Waals surface area contributed by atoms with Crippen LogP contribution < -0.4 is 5.43 Å². The predicted molar refractivity (Wildman–Crippen MR) is 88.0 cm³/mol. The highest BCUT2D eigenvalue weighted by atomic mass is 16.3. The molecule has 0 aliphatic carbocycles. The van der Waals surface area contributed by atoms with Gasteiger partial charge in [0.2, 0.25) is 5.43 Å². The molecule has 1 aromatic heterocycles. The van der Waals surface area contributed by atoms with Gasteiger partial charge in [0.1, 0.15) is 0 Å². The van der Waals surface area contributed by atoms with Gasteiger partial charge in [-0.1, -0.05) is 33.1 Å². The third kappa shape index (κ3) is 4.60. The van der Waals surface area contributed by atoms with E-state index in [2.05, 4.69) is 18.4 Å². The highest BCUT2D eigenvalue weighted by Crippen LogP contribution is 2.27. The van der Waals surface area contributed by atoms with Crippen molar-refractivity contribution in [3.05, 3.63) is 27.7 Å². The maximum Gasteiger partial charge on any atom is 0.223 e. The van der Waals surface area contributed by atoms with E-state index in [1.165, 1.54) is 19.3 Å². The number of unbranched alkanes of at least 4 members (excludes halogenated alkanes) is 2. The number of rotatable bonds is 8. The van der Waals surface area contributed by atoms with E-state index in [0.29, 0.717) is 12.6 Å². The van der Waals surface area contributed by atoms with E-state index in [-0.39, 0.29) is 11.2 Å². The van der Waals surface area contributed by atoms with Crippen molar-refractivity contribution in [2.24, 2.45) is 0 Å². The molecule has 1 unspecified atom stereocenters. The van der Waals surface area contributed by atoms with Crippen molar-refractivity contribution in [3.8, 4) is 5.75 Å². The van der Waals surface area contributed by atoms with E-state index in [1.54, 1.807) is 6.07 Å². The number of aromatic hydroxyl groups is 1. The lowest BCUT2D eigenvalue weighted by molar-refractivity contribution is 0.334. The third-order valence-electron chi connectivity index (χ3n) is 3.96. The molecule has 21 heavy (non-hydrogen) atoms. The minimum Gasteiger partial charge on any atom is -0.503 e. The minimum atomic E-state index is -0.274.